The van der Waals surface area contributed by atoms with E-state index in [-0.39, 0.29) is 0 Å². The fraction of sp³-hybridized carbons (Fsp3) is 0.286. The molecule has 1 aromatic carbocycles. The third-order valence-electron chi connectivity index (χ3n) is 3.05. The highest BCUT2D eigenvalue weighted by Crippen LogP contribution is 2.19. The topological polar surface area (TPSA) is 68.6 Å². The van der Waals surface area contributed by atoms with E-state index >= 15 is 0 Å². The molecule has 0 saturated carbocycles. The molecule has 1 aromatic rings. The van der Waals surface area contributed by atoms with Crippen LogP contribution in [0, 0.1) is 6.92 Å². The lowest BCUT2D eigenvalue weighted by Gasteiger charge is -2.11. The smallest absolute Gasteiger partial charge is 0.175 e. The number of quaternary nitrogens is 1. The molecule has 0 saturated heterocycles. The van der Waals surface area contributed by atoms with Crippen LogP contribution in [0.15, 0.2) is 41.1 Å². The molecular formula is C14H22N3+. The third kappa shape index (κ3) is 2.96. The molecule has 0 aromatic heterocycles. The lowest BCUT2D eigenvalue weighted by molar-refractivity contribution is -0.615. The molecule has 0 aliphatic carbocycles. The van der Waals surface area contributed by atoms with Crippen LogP contribution in [0.1, 0.15) is 31.9 Å². The number of benzene rings is 1. The minimum absolute atomic E-state index is 0.740. The van der Waals surface area contributed by atoms with Gasteiger partial charge >= 0.3 is 0 Å². The van der Waals surface area contributed by atoms with Crippen LogP contribution in [-0.2, 0) is 0 Å². The van der Waals surface area contributed by atoms with Crippen LogP contribution in [0.5, 0.6) is 0 Å². The van der Waals surface area contributed by atoms with E-state index in [1.54, 1.807) is 5.43 Å². The first-order valence-corrected chi connectivity index (χ1v) is 5.74. The van der Waals surface area contributed by atoms with Crippen molar-refractivity contribution < 1.29 is 5.43 Å². The average Bonchev–Trinajstić information content (AvgIpc) is 2.30. The number of hydrogen-bond donors (Lipinski definition) is 3. The second-order valence-electron chi connectivity index (χ2n) is 4.43. The molecule has 0 atom stereocenters. The molecule has 3 heteroatoms. The molecule has 3 nitrogen and oxygen atoms in total. The summed E-state index contributed by atoms with van der Waals surface area (Å²) in [5.41, 5.74) is 14.0. The Morgan fingerprint density at radius 3 is 2.18 bits per heavy atom. The van der Waals surface area contributed by atoms with Crippen molar-refractivity contribution in [1.29, 1.82) is 0 Å². The van der Waals surface area contributed by atoms with Crippen LogP contribution >= 0.6 is 0 Å². The molecule has 6 N–H and O–H groups in total. The van der Waals surface area contributed by atoms with Gasteiger partial charge in [0, 0.05) is 11.1 Å². The zero-order valence-corrected chi connectivity index (χ0v) is 11.0. The van der Waals surface area contributed by atoms with E-state index in [4.69, 9.17) is 11.6 Å². The highest BCUT2D eigenvalue weighted by atomic mass is 15.2. The lowest BCUT2D eigenvalue weighted by Crippen LogP contribution is -2.89. The normalized spacial score (nSPS) is 12.1. The number of aryl methyl sites for hydroxylation is 1. The van der Waals surface area contributed by atoms with E-state index in [0.29, 0.717) is 0 Å². The summed E-state index contributed by atoms with van der Waals surface area (Å²) >= 11 is 0. The van der Waals surface area contributed by atoms with Crippen molar-refractivity contribution in [2.75, 3.05) is 0 Å². The van der Waals surface area contributed by atoms with Gasteiger partial charge in [0.15, 0.2) is 5.70 Å². The van der Waals surface area contributed by atoms with E-state index < -0.39 is 0 Å². The molecule has 0 bridgehead atoms. The van der Waals surface area contributed by atoms with Crippen molar-refractivity contribution in [1.82, 2.24) is 0 Å². The predicted molar refractivity (Wildman–Crippen MR) is 72.4 cm³/mol. The maximum absolute atomic E-state index is 6.22. The Hall–Kier alpha value is -1.58. The lowest BCUT2D eigenvalue weighted by atomic mass is 10.0. The monoisotopic (exact) mass is 232 g/mol. The van der Waals surface area contributed by atoms with Gasteiger partial charge in [0.2, 0.25) is 0 Å². The van der Waals surface area contributed by atoms with E-state index in [1.807, 2.05) is 38.1 Å². The van der Waals surface area contributed by atoms with E-state index in [1.165, 1.54) is 5.57 Å². The Kier molecular flexibility index (Phi) is 4.49. The van der Waals surface area contributed by atoms with Gasteiger partial charge in [-0.15, -0.1) is 0 Å². The summed E-state index contributed by atoms with van der Waals surface area (Å²) in [6.07, 6.45) is 0. The first-order chi connectivity index (χ1) is 7.99. The standard InChI is InChI=1S/C14H21N3/c1-9(2)11(4)14(17-16)13(15)12-8-6-5-7-10(12)3/h5-8,17H,15-16H2,1-4H3/p+1/b14-13-. The Balaban J connectivity index is 3.38. The maximum atomic E-state index is 6.22. The van der Waals surface area contributed by atoms with Crippen LogP contribution in [-0.4, -0.2) is 0 Å². The van der Waals surface area contributed by atoms with Gasteiger partial charge in [-0.3, -0.25) is 0 Å². The second kappa shape index (κ2) is 5.66. The Bertz CT molecular complexity index is 466. The zero-order valence-electron chi connectivity index (χ0n) is 11.0. The summed E-state index contributed by atoms with van der Waals surface area (Å²) in [5, 5.41) is 0. The van der Waals surface area contributed by atoms with Crippen molar-refractivity contribution in [2.45, 2.75) is 27.7 Å². The summed E-state index contributed by atoms with van der Waals surface area (Å²) in [6, 6.07) is 8.06. The van der Waals surface area contributed by atoms with Crippen LogP contribution in [0.3, 0.4) is 0 Å². The molecule has 0 aliphatic rings. The van der Waals surface area contributed by atoms with Gasteiger partial charge in [-0.2, -0.15) is 5.84 Å². The number of rotatable bonds is 3. The van der Waals surface area contributed by atoms with E-state index in [0.717, 1.165) is 28.1 Å². The van der Waals surface area contributed by atoms with Gasteiger partial charge in [-0.05, 0) is 33.3 Å². The Morgan fingerprint density at radius 1 is 1.12 bits per heavy atom. The highest BCUT2D eigenvalue weighted by molar-refractivity contribution is 5.69. The van der Waals surface area contributed by atoms with Crippen LogP contribution < -0.4 is 17.0 Å². The van der Waals surface area contributed by atoms with E-state index in [9.17, 15) is 0 Å². The quantitative estimate of drug-likeness (QED) is 0.419. The number of allylic oxidation sites excluding steroid dienone is 2. The van der Waals surface area contributed by atoms with Crippen molar-refractivity contribution >= 4 is 5.70 Å². The Labute approximate surface area is 103 Å². The molecule has 0 unspecified atom stereocenters. The first kappa shape index (κ1) is 13.5. The number of nitrogens with two attached hydrogens (primary N) is 3. The minimum Gasteiger partial charge on any atom is -0.393 e. The summed E-state index contributed by atoms with van der Waals surface area (Å²) in [5.74, 6) is 5.70. The fourth-order valence-corrected chi connectivity index (χ4v) is 1.71. The van der Waals surface area contributed by atoms with Gasteiger partial charge in [-0.1, -0.05) is 29.8 Å². The number of hydrogen-bond acceptors (Lipinski definition) is 2. The summed E-state index contributed by atoms with van der Waals surface area (Å²) < 4.78 is 0. The molecule has 92 valence electrons. The van der Waals surface area contributed by atoms with Crippen molar-refractivity contribution in [2.24, 2.45) is 11.6 Å². The molecule has 0 spiro atoms. The zero-order chi connectivity index (χ0) is 13.0. The summed E-state index contributed by atoms with van der Waals surface area (Å²) in [4.78, 5) is 0. The van der Waals surface area contributed by atoms with E-state index in [2.05, 4.69) is 13.8 Å². The summed E-state index contributed by atoms with van der Waals surface area (Å²) in [7, 11) is 0. The van der Waals surface area contributed by atoms with Crippen molar-refractivity contribution in [3.8, 4) is 0 Å². The molecule has 0 heterocycles. The highest BCUT2D eigenvalue weighted by Gasteiger charge is 2.13. The molecule has 0 fully saturated rings. The van der Waals surface area contributed by atoms with Gasteiger partial charge in [0.25, 0.3) is 0 Å². The molecule has 17 heavy (non-hydrogen) atoms. The third-order valence-corrected chi connectivity index (χ3v) is 3.05. The molecule has 0 amide bonds. The molecular weight excluding hydrogens is 210 g/mol. The predicted octanol–water partition coefficient (Wildman–Crippen LogP) is 1.42. The molecule has 1 rings (SSSR count). The van der Waals surface area contributed by atoms with Crippen LogP contribution in [0.4, 0.5) is 0 Å². The molecule has 0 radical (unpaired) electrons. The fourth-order valence-electron chi connectivity index (χ4n) is 1.71. The summed E-state index contributed by atoms with van der Waals surface area (Å²) in [6.45, 7) is 8.21. The SMILES string of the molecule is CC(C)=C(C)/C([NH2+]N)=C(/N)c1ccccc1C. The van der Waals surface area contributed by atoms with Gasteiger partial charge in [-0.25, -0.2) is 5.43 Å². The second-order valence-corrected chi connectivity index (χ2v) is 4.43. The average molecular weight is 232 g/mol. The van der Waals surface area contributed by atoms with Gasteiger partial charge in [0.1, 0.15) is 5.70 Å². The first-order valence-electron chi connectivity index (χ1n) is 5.74. The van der Waals surface area contributed by atoms with Crippen molar-refractivity contribution in [3.63, 3.8) is 0 Å². The minimum atomic E-state index is 0.740. The van der Waals surface area contributed by atoms with Crippen LogP contribution in [0.2, 0.25) is 0 Å². The van der Waals surface area contributed by atoms with Gasteiger partial charge in [0.05, 0.1) is 0 Å². The van der Waals surface area contributed by atoms with Gasteiger partial charge < -0.3 is 5.73 Å². The Morgan fingerprint density at radius 2 is 1.71 bits per heavy atom. The van der Waals surface area contributed by atoms with Crippen molar-refractivity contribution in [3.05, 3.63) is 52.2 Å². The maximum Gasteiger partial charge on any atom is 0.175 e. The largest absolute Gasteiger partial charge is 0.393 e. The molecule has 0 aliphatic heterocycles. The van der Waals surface area contributed by atoms with Crippen LogP contribution in [0.25, 0.3) is 5.70 Å².